The molecule has 2 N–H and O–H groups in total. The first-order chi connectivity index (χ1) is 7.91. The maximum Gasteiger partial charge on any atom is 0.391 e. The Morgan fingerprint density at radius 2 is 1.65 bits per heavy atom. The number of rotatable bonds is 1. The number of hydrogen-bond acceptors (Lipinski definition) is 2. The van der Waals surface area contributed by atoms with E-state index in [4.69, 9.17) is 9.79 Å². The molecule has 17 heavy (non-hydrogen) atoms. The van der Waals surface area contributed by atoms with Crippen molar-refractivity contribution in [1.82, 2.24) is 4.98 Å². The van der Waals surface area contributed by atoms with E-state index in [1.54, 1.807) is 0 Å². The Labute approximate surface area is 96.1 Å². The number of fused-ring (bicyclic) bond motifs is 1. The van der Waals surface area contributed by atoms with E-state index in [-0.39, 0.29) is 0 Å². The van der Waals surface area contributed by atoms with Gasteiger partial charge in [0.05, 0.1) is 5.52 Å². The molecule has 1 aromatic heterocycles. The average molecular weight is 261 g/mol. The normalized spacial score (nSPS) is 11.1. The fourth-order valence-corrected chi connectivity index (χ4v) is 1.02. The van der Waals surface area contributed by atoms with E-state index in [0.717, 1.165) is 5.52 Å². The first-order valence-corrected chi connectivity index (χ1v) is 6.22. The van der Waals surface area contributed by atoms with E-state index in [1.165, 1.54) is 5.39 Å². The lowest BCUT2D eigenvalue weighted by atomic mass is 10.2. The number of pyridine rings is 1. The van der Waals surface area contributed by atoms with Crippen LogP contribution in [0.1, 0.15) is 0 Å². The molecule has 0 bridgehead atoms. The van der Waals surface area contributed by atoms with Gasteiger partial charge in [-0.2, -0.15) is 8.78 Å². The fourth-order valence-electron chi connectivity index (χ4n) is 1.02. The van der Waals surface area contributed by atoms with E-state index < -0.39 is 13.8 Å². The van der Waals surface area contributed by atoms with Crippen molar-refractivity contribution in [1.29, 1.82) is 0 Å². The van der Waals surface area contributed by atoms with Crippen LogP contribution < -0.4 is 0 Å². The summed E-state index contributed by atoms with van der Waals surface area (Å²) in [4.78, 5) is 19.1. The van der Waals surface area contributed by atoms with E-state index in [0.29, 0.717) is 0 Å². The number of aromatic nitrogens is 1. The van der Waals surface area contributed by atoms with Crippen molar-refractivity contribution in [3.05, 3.63) is 42.6 Å². The molecule has 7 heteroatoms. The smallest absolute Gasteiger partial charge is 0.320 e. The Kier molecular flexibility index (Phi) is 4.69. The second-order valence-corrected chi connectivity index (χ2v) is 4.63. The van der Waals surface area contributed by atoms with E-state index in [1.807, 2.05) is 30.5 Å². The first kappa shape index (κ1) is 13.7. The third kappa shape index (κ3) is 4.56. The Morgan fingerprint density at radius 1 is 1.12 bits per heavy atom. The lowest BCUT2D eigenvalue weighted by Gasteiger charge is -1.97. The molecule has 0 aliphatic rings. The Morgan fingerprint density at radius 3 is 2.18 bits per heavy atom. The summed E-state index contributed by atoms with van der Waals surface area (Å²) < 4.78 is 30.8. The predicted molar refractivity (Wildman–Crippen MR) is 59.8 cm³/mol. The highest BCUT2D eigenvalue weighted by molar-refractivity contribution is 7.52. The van der Waals surface area contributed by atoms with Gasteiger partial charge in [0.1, 0.15) is 0 Å². The summed E-state index contributed by atoms with van der Waals surface area (Å²) in [5.41, 5.74) is 1.06. The van der Waals surface area contributed by atoms with Gasteiger partial charge in [-0.1, -0.05) is 24.3 Å². The van der Waals surface area contributed by atoms with Gasteiger partial charge < -0.3 is 9.79 Å². The van der Waals surface area contributed by atoms with Gasteiger partial charge in [0.15, 0.2) is 0 Å². The van der Waals surface area contributed by atoms with Crippen LogP contribution in [0.3, 0.4) is 0 Å². The maximum atomic E-state index is 10.8. The van der Waals surface area contributed by atoms with Gasteiger partial charge in [0.25, 0.3) is 0 Å². The third-order valence-corrected chi connectivity index (χ3v) is 2.27. The van der Waals surface area contributed by atoms with Crippen LogP contribution in [0.25, 0.3) is 10.9 Å². The van der Waals surface area contributed by atoms with Crippen molar-refractivity contribution in [2.24, 2.45) is 0 Å². The van der Waals surface area contributed by atoms with Crippen LogP contribution in [-0.4, -0.2) is 20.9 Å². The maximum absolute atomic E-state index is 10.8. The molecule has 2 aromatic rings. The van der Waals surface area contributed by atoms with Crippen molar-refractivity contribution < 1.29 is 23.1 Å². The molecule has 0 saturated heterocycles. The summed E-state index contributed by atoms with van der Waals surface area (Å²) in [6.45, 7) is 0. The van der Waals surface area contributed by atoms with E-state index in [2.05, 4.69) is 17.1 Å². The SMILES string of the molecule is O=P(O)(O)C(F)F.c1ccc2ncccc2c1. The highest BCUT2D eigenvalue weighted by atomic mass is 31.2. The van der Waals surface area contributed by atoms with Crippen molar-refractivity contribution in [3.8, 4) is 0 Å². The minimum absolute atomic E-state index is 1.06. The van der Waals surface area contributed by atoms with Gasteiger partial charge >= 0.3 is 13.8 Å². The molecule has 0 aliphatic carbocycles. The third-order valence-electron chi connectivity index (χ3n) is 1.77. The monoisotopic (exact) mass is 261 g/mol. The molecule has 0 radical (unpaired) electrons. The standard InChI is InChI=1S/C9H7N.CH3F2O3P/c1-2-6-9-8(4-1)5-3-7-10-9;2-1(3)7(4,5)6/h1-7H;1H,(H2,4,5,6). The quantitative estimate of drug-likeness (QED) is 0.774. The topological polar surface area (TPSA) is 70.4 Å². The number of halogens is 2. The predicted octanol–water partition coefficient (Wildman–Crippen LogP) is 2.62. The molecule has 0 fully saturated rings. The molecule has 92 valence electrons. The Bertz CT molecular complexity index is 464. The van der Waals surface area contributed by atoms with Crippen LogP contribution in [0.15, 0.2) is 42.6 Å². The number of para-hydroxylation sites is 1. The molecule has 0 spiro atoms. The lowest BCUT2D eigenvalue weighted by Crippen LogP contribution is -1.89. The summed E-state index contributed by atoms with van der Waals surface area (Å²) in [5.74, 6) is 0. The molecule has 4 nitrogen and oxygen atoms in total. The largest absolute Gasteiger partial charge is 0.391 e. The van der Waals surface area contributed by atoms with Gasteiger partial charge in [-0.25, -0.2) is 0 Å². The molecular formula is C10H10F2NO3P. The summed E-state index contributed by atoms with van der Waals surface area (Å²) >= 11 is 0. The van der Waals surface area contributed by atoms with Crippen molar-refractivity contribution in [2.45, 2.75) is 6.17 Å². The van der Waals surface area contributed by atoms with Gasteiger partial charge in [0.2, 0.25) is 0 Å². The summed E-state index contributed by atoms with van der Waals surface area (Å²) in [6, 6.07) is 12.1. The zero-order valence-electron chi connectivity index (χ0n) is 8.57. The second kappa shape index (κ2) is 5.82. The van der Waals surface area contributed by atoms with Crippen molar-refractivity contribution in [2.75, 3.05) is 0 Å². The second-order valence-electron chi connectivity index (χ2n) is 3.06. The fraction of sp³-hybridized carbons (Fsp3) is 0.100. The molecule has 0 amide bonds. The summed E-state index contributed by atoms with van der Waals surface area (Å²) in [6.07, 6.45) is -1.73. The van der Waals surface area contributed by atoms with Crippen LogP contribution in [0.2, 0.25) is 0 Å². The highest BCUT2D eigenvalue weighted by Crippen LogP contribution is 2.42. The van der Waals surface area contributed by atoms with Gasteiger partial charge in [-0.05, 0) is 12.1 Å². The minimum Gasteiger partial charge on any atom is -0.320 e. The Hall–Kier alpha value is -1.36. The molecule has 0 unspecified atom stereocenters. The van der Waals surface area contributed by atoms with Crippen LogP contribution in [0, 0.1) is 0 Å². The molecule has 0 saturated carbocycles. The average Bonchev–Trinajstić information content (AvgIpc) is 2.29. The number of alkyl halides is 2. The first-order valence-electron chi connectivity index (χ1n) is 4.54. The number of benzene rings is 1. The van der Waals surface area contributed by atoms with Crippen LogP contribution in [0.4, 0.5) is 8.78 Å². The molecular weight excluding hydrogens is 251 g/mol. The van der Waals surface area contributed by atoms with Gasteiger partial charge in [0, 0.05) is 11.6 Å². The zero-order valence-corrected chi connectivity index (χ0v) is 9.47. The Balaban J connectivity index is 0.000000185. The van der Waals surface area contributed by atoms with E-state index >= 15 is 0 Å². The molecule has 1 aromatic carbocycles. The molecule has 0 atom stereocenters. The van der Waals surface area contributed by atoms with Crippen LogP contribution in [0.5, 0.6) is 0 Å². The number of nitrogens with zero attached hydrogens (tertiary/aromatic N) is 1. The van der Waals surface area contributed by atoms with E-state index in [9.17, 15) is 13.3 Å². The lowest BCUT2D eigenvalue weighted by molar-refractivity contribution is 0.184. The van der Waals surface area contributed by atoms with Crippen LogP contribution >= 0.6 is 7.60 Å². The van der Waals surface area contributed by atoms with Crippen molar-refractivity contribution in [3.63, 3.8) is 0 Å². The highest BCUT2D eigenvalue weighted by Gasteiger charge is 2.27. The van der Waals surface area contributed by atoms with Crippen LogP contribution in [-0.2, 0) is 4.57 Å². The molecule has 1 heterocycles. The van der Waals surface area contributed by atoms with Gasteiger partial charge in [-0.3, -0.25) is 9.55 Å². The number of hydrogen-bond donors (Lipinski definition) is 2. The summed E-state index contributed by atoms with van der Waals surface area (Å²) in [5, 5.41) is 1.20. The minimum atomic E-state index is -5.07. The molecule has 0 aliphatic heterocycles. The van der Waals surface area contributed by atoms with Crippen molar-refractivity contribution >= 4 is 18.5 Å². The summed E-state index contributed by atoms with van der Waals surface area (Å²) in [7, 11) is -5.07. The zero-order chi connectivity index (χ0) is 12.9. The van der Waals surface area contributed by atoms with Gasteiger partial charge in [-0.15, -0.1) is 0 Å². The molecule has 2 rings (SSSR count).